The van der Waals surface area contributed by atoms with Gasteiger partial charge in [0.2, 0.25) is 0 Å². The summed E-state index contributed by atoms with van der Waals surface area (Å²) in [7, 11) is 0. The second-order valence-electron chi connectivity index (χ2n) is 4.39. The number of carboxylic acid groups (broad SMARTS) is 1. The van der Waals surface area contributed by atoms with E-state index in [1.807, 2.05) is 38.1 Å². The number of likely N-dealkylation sites (N-methyl/N-ethyl adjacent to an activating group) is 1. The molecular weight excluding hydrogens is 242 g/mol. The number of hydrogen-bond acceptors (Lipinski definition) is 2. The van der Waals surface area contributed by atoms with Gasteiger partial charge >= 0.3 is 5.97 Å². The average molecular weight is 261 g/mol. The summed E-state index contributed by atoms with van der Waals surface area (Å²) in [5, 5.41) is 8.95. The maximum Gasteiger partial charge on any atom is 0.331 e. The van der Waals surface area contributed by atoms with E-state index < -0.39 is 5.97 Å². The van der Waals surface area contributed by atoms with Crippen molar-refractivity contribution in [3.63, 3.8) is 0 Å². The van der Waals surface area contributed by atoms with Crippen LogP contribution in [0, 0.1) is 6.92 Å². The molecule has 1 rings (SSSR count). The van der Waals surface area contributed by atoms with Crippen LogP contribution in [-0.2, 0) is 9.59 Å². The van der Waals surface area contributed by atoms with Gasteiger partial charge in [0.05, 0.1) is 0 Å². The molecule has 19 heavy (non-hydrogen) atoms. The van der Waals surface area contributed by atoms with E-state index in [0.29, 0.717) is 6.54 Å². The highest BCUT2D eigenvalue weighted by molar-refractivity contribution is 6.09. The van der Waals surface area contributed by atoms with Gasteiger partial charge in [-0.1, -0.05) is 18.2 Å². The summed E-state index contributed by atoms with van der Waals surface area (Å²) in [5.41, 5.74) is 2.14. The zero-order chi connectivity index (χ0) is 14.6. The van der Waals surface area contributed by atoms with Crippen LogP contribution in [-0.4, -0.2) is 23.5 Å². The topological polar surface area (TPSA) is 57.6 Å². The molecule has 1 N–H and O–H groups in total. The number of carbonyl (C=O) groups is 2. The van der Waals surface area contributed by atoms with E-state index in [2.05, 4.69) is 0 Å². The van der Waals surface area contributed by atoms with Crippen molar-refractivity contribution < 1.29 is 14.7 Å². The van der Waals surface area contributed by atoms with Crippen molar-refractivity contribution in [2.45, 2.75) is 27.7 Å². The van der Waals surface area contributed by atoms with Gasteiger partial charge in [-0.05, 0) is 39.3 Å². The molecule has 1 amide bonds. The number of amides is 1. The van der Waals surface area contributed by atoms with E-state index in [0.717, 1.165) is 11.3 Å². The van der Waals surface area contributed by atoms with Crippen LogP contribution in [0.3, 0.4) is 0 Å². The summed E-state index contributed by atoms with van der Waals surface area (Å²) in [5.74, 6) is -1.33. The lowest BCUT2D eigenvalue weighted by Crippen LogP contribution is -2.32. The van der Waals surface area contributed by atoms with Crippen molar-refractivity contribution in [1.29, 1.82) is 0 Å². The minimum atomic E-state index is -1.06. The number of benzene rings is 1. The number of anilines is 1. The smallest absolute Gasteiger partial charge is 0.331 e. The molecule has 1 aromatic carbocycles. The molecule has 0 aliphatic rings. The molecule has 1 aromatic rings. The van der Waals surface area contributed by atoms with E-state index in [9.17, 15) is 9.59 Å². The lowest BCUT2D eigenvalue weighted by atomic mass is 10.1. The molecule has 0 atom stereocenters. The number of para-hydroxylation sites is 1. The molecule has 0 bridgehead atoms. The lowest BCUT2D eigenvalue weighted by Gasteiger charge is -2.23. The molecule has 0 aromatic heterocycles. The second-order valence-corrected chi connectivity index (χ2v) is 4.39. The van der Waals surface area contributed by atoms with Crippen LogP contribution in [0.5, 0.6) is 0 Å². The molecule has 0 aliphatic carbocycles. The highest BCUT2D eigenvalue weighted by Gasteiger charge is 2.20. The van der Waals surface area contributed by atoms with Gasteiger partial charge in [0.25, 0.3) is 5.91 Å². The van der Waals surface area contributed by atoms with E-state index >= 15 is 0 Å². The lowest BCUT2D eigenvalue weighted by molar-refractivity contribution is -0.133. The van der Waals surface area contributed by atoms with Crippen molar-refractivity contribution in [2.75, 3.05) is 11.4 Å². The van der Waals surface area contributed by atoms with E-state index in [1.54, 1.807) is 11.8 Å². The summed E-state index contributed by atoms with van der Waals surface area (Å²) >= 11 is 0. The molecule has 0 aliphatic heterocycles. The van der Waals surface area contributed by atoms with Crippen LogP contribution >= 0.6 is 0 Å². The summed E-state index contributed by atoms with van der Waals surface area (Å²) in [6.45, 7) is 7.28. The van der Waals surface area contributed by atoms with Crippen LogP contribution in [0.1, 0.15) is 26.3 Å². The fourth-order valence-electron chi connectivity index (χ4n) is 1.81. The van der Waals surface area contributed by atoms with Crippen molar-refractivity contribution >= 4 is 17.6 Å². The maximum atomic E-state index is 12.4. The summed E-state index contributed by atoms with van der Waals surface area (Å²) in [6.07, 6.45) is 0. The van der Waals surface area contributed by atoms with E-state index in [-0.39, 0.29) is 17.1 Å². The molecule has 0 spiro atoms. The number of carbonyl (C=O) groups excluding carboxylic acids is 1. The average Bonchev–Trinajstić information content (AvgIpc) is 2.39. The first-order valence-corrected chi connectivity index (χ1v) is 6.18. The fraction of sp³-hybridized carbons (Fsp3) is 0.333. The zero-order valence-corrected chi connectivity index (χ0v) is 11.7. The Kier molecular flexibility index (Phi) is 4.87. The second kappa shape index (κ2) is 6.18. The molecule has 0 saturated carbocycles. The largest absolute Gasteiger partial charge is 0.478 e. The Hall–Kier alpha value is -2.10. The number of aryl methyl sites for hydroxylation is 1. The number of hydrogen-bond donors (Lipinski definition) is 1. The third kappa shape index (κ3) is 3.22. The van der Waals surface area contributed by atoms with Gasteiger partial charge in [0.15, 0.2) is 0 Å². The molecule has 0 unspecified atom stereocenters. The Morgan fingerprint density at radius 1 is 1.16 bits per heavy atom. The molecule has 4 heteroatoms. The first-order chi connectivity index (χ1) is 8.90. The number of carboxylic acids is 1. The number of nitrogens with zero attached hydrogens (tertiary/aromatic N) is 1. The van der Waals surface area contributed by atoms with Gasteiger partial charge in [-0.25, -0.2) is 4.79 Å². The molecule has 0 saturated heterocycles. The number of aliphatic carboxylic acids is 1. The molecule has 0 fully saturated rings. The van der Waals surface area contributed by atoms with E-state index in [4.69, 9.17) is 5.11 Å². The molecule has 4 nitrogen and oxygen atoms in total. The number of rotatable bonds is 4. The van der Waals surface area contributed by atoms with Crippen LogP contribution in [0.4, 0.5) is 5.69 Å². The molecular formula is C15H19NO3. The quantitative estimate of drug-likeness (QED) is 0.848. The molecule has 102 valence electrons. The molecule has 0 radical (unpaired) electrons. The maximum absolute atomic E-state index is 12.4. The summed E-state index contributed by atoms with van der Waals surface area (Å²) < 4.78 is 0. The predicted molar refractivity (Wildman–Crippen MR) is 75.2 cm³/mol. The Morgan fingerprint density at radius 2 is 1.74 bits per heavy atom. The normalized spacial score (nSPS) is 11.8. The first-order valence-electron chi connectivity index (χ1n) is 6.18. The zero-order valence-electron chi connectivity index (χ0n) is 11.7. The standard InChI is InChI=1S/C15H19NO3/c1-5-16(13-9-7-6-8-10(13)2)14(17)11(3)12(4)15(18)19/h6-9H,5H2,1-4H3,(H,18,19)/b12-11-. The van der Waals surface area contributed by atoms with Crippen LogP contribution < -0.4 is 4.90 Å². The van der Waals surface area contributed by atoms with Gasteiger partial charge in [0, 0.05) is 23.4 Å². The van der Waals surface area contributed by atoms with Gasteiger partial charge in [-0.3, -0.25) is 4.79 Å². The van der Waals surface area contributed by atoms with Gasteiger partial charge in [-0.15, -0.1) is 0 Å². The Bertz CT molecular complexity index is 532. The van der Waals surface area contributed by atoms with Gasteiger partial charge < -0.3 is 10.0 Å². The first kappa shape index (κ1) is 15.0. The van der Waals surface area contributed by atoms with Crippen molar-refractivity contribution in [3.8, 4) is 0 Å². The van der Waals surface area contributed by atoms with Crippen molar-refractivity contribution in [1.82, 2.24) is 0 Å². The molecule has 0 heterocycles. The highest BCUT2D eigenvalue weighted by atomic mass is 16.4. The third-order valence-corrected chi connectivity index (χ3v) is 3.17. The minimum Gasteiger partial charge on any atom is -0.478 e. The van der Waals surface area contributed by atoms with Crippen LogP contribution in [0.15, 0.2) is 35.4 Å². The predicted octanol–water partition coefficient (Wildman–Crippen LogP) is 2.77. The summed E-state index contributed by atoms with van der Waals surface area (Å²) in [6, 6.07) is 7.55. The monoisotopic (exact) mass is 261 g/mol. The Morgan fingerprint density at radius 3 is 2.21 bits per heavy atom. The van der Waals surface area contributed by atoms with Crippen LogP contribution in [0.25, 0.3) is 0 Å². The van der Waals surface area contributed by atoms with Gasteiger partial charge in [-0.2, -0.15) is 0 Å². The SMILES string of the molecule is CCN(C(=O)/C(C)=C(/C)C(=O)O)c1ccccc1C. The Balaban J connectivity index is 3.19. The third-order valence-electron chi connectivity index (χ3n) is 3.17. The van der Waals surface area contributed by atoms with Crippen molar-refractivity contribution in [3.05, 3.63) is 41.0 Å². The fourth-order valence-corrected chi connectivity index (χ4v) is 1.81. The highest BCUT2D eigenvalue weighted by Crippen LogP contribution is 2.21. The van der Waals surface area contributed by atoms with Crippen LogP contribution in [0.2, 0.25) is 0 Å². The minimum absolute atomic E-state index is 0.0806. The summed E-state index contributed by atoms with van der Waals surface area (Å²) in [4.78, 5) is 24.9. The Labute approximate surface area is 113 Å². The van der Waals surface area contributed by atoms with Gasteiger partial charge in [0.1, 0.15) is 0 Å². The van der Waals surface area contributed by atoms with E-state index in [1.165, 1.54) is 6.92 Å². The van der Waals surface area contributed by atoms with Crippen molar-refractivity contribution in [2.24, 2.45) is 0 Å².